The van der Waals surface area contributed by atoms with Gasteiger partial charge in [0.2, 0.25) is 0 Å². The van der Waals surface area contributed by atoms with E-state index in [9.17, 15) is 4.79 Å². The van der Waals surface area contributed by atoms with Gasteiger partial charge in [-0.2, -0.15) is 0 Å². The van der Waals surface area contributed by atoms with Gasteiger partial charge in [-0.25, -0.2) is 0 Å². The maximum atomic E-state index is 12.1. The van der Waals surface area contributed by atoms with E-state index in [2.05, 4.69) is 24.5 Å². The fourth-order valence-corrected chi connectivity index (χ4v) is 1.81. The molecule has 0 bridgehead atoms. The Hall–Kier alpha value is -1.55. The summed E-state index contributed by atoms with van der Waals surface area (Å²) in [6.45, 7) is 9.92. The van der Waals surface area contributed by atoms with Gasteiger partial charge in [-0.05, 0) is 58.9 Å². The zero-order chi connectivity index (χ0) is 16.0. The summed E-state index contributed by atoms with van der Waals surface area (Å²) in [5.41, 5.74) is 0.925. The first-order valence-electron chi connectivity index (χ1n) is 7.55. The molecule has 0 heterocycles. The van der Waals surface area contributed by atoms with Crippen LogP contribution in [0, 0.1) is 0 Å². The van der Waals surface area contributed by atoms with E-state index in [1.165, 1.54) is 0 Å². The maximum Gasteiger partial charge on any atom is 0.261 e. The molecule has 1 aromatic carbocycles. The van der Waals surface area contributed by atoms with Crippen LogP contribution in [0.1, 0.15) is 52.6 Å². The van der Waals surface area contributed by atoms with Crippen LogP contribution >= 0.6 is 0 Å². The highest BCUT2D eigenvalue weighted by Crippen LogP contribution is 2.20. The van der Waals surface area contributed by atoms with Crippen molar-refractivity contribution >= 4 is 5.91 Å². The van der Waals surface area contributed by atoms with E-state index in [1.54, 1.807) is 6.92 Å². The van der Waals surface area contributed by atoms with Crippen LogP contribution in [0.2, 0.25) is 0 Å². The van der Waals surface area contributed by atoms with Gasteiger partial charge in [0.15, 0.2) is 6.10 Å². The van der Waals surface area contributed by atoms with Crippen molar-refractivity contribution < 1.29 is 9.53 Å². The lowest BCUT2D eigenvalue weighted by atomic mass is 10.0. The lowest BCUT2D eigenvalue weighted by molar-refractivity contribution is -0.128. The number of amides is 1. The molecular weight excluding hydrogens is 264 g/mol. The lowest BCUT2D eigenvalue weighted by Crippen LogP contribution is -2.48. The Bertz CT molecular complexity index is 472. The molecule has 0 spiro atoms. The molecule has 1 aromatic rings. The third-order valence-corrected chi connectivity index (χ3v) is 3.82. The zero-order valence-electron chi connectivity index (χ0n) is 14.0. The number of carbonyl (C=O) groups excluding carboxylic acids is 1. The normalized spacial score (nSPS) is 14.4. The summed E-state index contributed by atoms with van der Waals surface area (Å²) in [6, 6.07) is 8.07. The highest BCUT2D eigenvalue weighted by Gasteiger charge is 2.22. The first-order valence-corrected chi connectivity index (χ1v) is 7.55. The third kappa shape index (κ3) is 5.38. The van der Waals surface area contributed by atoms with Gasteiger partial charge in [-0.1, -0.05) is 19.1 Å². The summed E-state index contributed by atoms with van der Waals surface area (Å²) in [4.78, 5) is 12.1. The number of benzene rings is 1. The molecule has 2 unspecified atom stereocenters. The van der Waals surface area contributed by atoms with E-state index < -0.39 is 6.10 Å². The van der Waals surface area contributed by atoms with Crippen LogP contribution in [0.25, 0.3) is 0 Å². The first kappa shape index (κ1) is 17.5. The van der Waals surface area contributed by atoms with Crippen molar-refractivity contribution in [2.75, 3.05) is 7.05 Å². The molecule has 0 aliphatic heterocycles. The molecular formula is C17H28N2O2. The SMILES string of the molecule is CCC(C)(C)NC(=O)C(C)Oc1cccc(C(C)NC)c1. The van der Waals surface area contributed by atoms with Gasteiger partial charge in [0.1, 0.15) is 5.75 Å². The van der Waals surface area contributed by atoms with E-state index in [-0.39, 0.29) is 17.5 Å². The molecule has 2 atom stereocenters. The second kappa shape index (κ2) is 7.46. The minimum absolute atomic E-state index is 0.0890. The number of rotatable bonds is 7. The first-order chi connectivity index (χ1) is 9.79. The van der Waals surface area contributed by atoms with Gasteiger partial charge in [0.05, 0.1) is 0 Å². The molecule has 4 heteroatoms. The second-order valence-corrected chi connectivity index (χ2v) is 6.07. The minimum Gasteiger partial charge on any atom is -0.481 e. The average Bonchev–Trinajstić information content (AvgIpc) is 2.46. The van der Waals surface area contributed by atoms with E-state index in [0.717, 1.165) is 12.0 Å². The van der Waals surface area contributed by atoms with Crippen molar-refractivity contribution in [3.05, 3.63) is 29.8 Å². The molecule has 4 nitrogen and oxygen atoms in total. The van der Waals surface area contributed by atoms with Crippen LogP contribution in [0.5, 0.6) is 5.75 Å². The molecule has 0 aliphatic carbocycles. The van der Waals surface area contributed by atoms with Gasteiger partial charge < -0.3 is 15.4 Å². The van der Waals surface area contributed by atoms with Crippen molar-refractivity contribution in [1.29, 1.82) is 0 Å². The molecule has 0 saturated heterocycles. The number of nitrogens with one attached hydrogen (secondary N) is 2. The number of hydrogen-bond donors (Lipinski definition) is 2. The maximum absolute atomic E-state index is 12.1. The molecule has 2 N–H and O–H groups in total. The topological polar surface area (TPSA) is 50.4 Å². The Labute approximate surface area is 128 Å². The molecule has 0 aromatic heterocycles. The van der Waals surface area contributed by atoms with Gasteiger partial charge in [0, 0.05) is 11.6 Å². The quantitative estimate of drug-likeness (QED) is 0.812. The predicted molar refractivity (Wildman–Crippen MR) is 86.5 cm³/mol. The predicted octanol–water partition coefficient (Wildman–Crippen LogP) is 3.04. The Morgan fingerprint density at radius 1 is 1.33 bits per heavy atom. The molecule has 0 saturated carbocycles. The van der Waals surface area contributed by atoms with Crippen LogP contribution in [0.4, 0.5) is 0 Å². The minimum atomic E-state index is -0.518. The van der Waals surface area contributed by atoms with Gasteiger partial charge in [-0.3, -0.25) is 4.79 Å². The summed E-state index contributed by atoms with van der Waals surface area (Å²) < 4.78 is 5.76. The van der Waals surface area contributed by atoms with Gasteiger partial charge >= 0.3 is 0 Å². The summed E-state index contributed by atoms with van der Waals surface area (Å²) in [7, 11) is 1.92. The van der Waals surface area contributed by atoms with Crippen molar-refractivity contribution in [3.8, 4) is 5.75 Å². The van der Waals surface area contributed by atoms with Crippen molar-refractivity contribution in [2.45, 2.75) is 58.7 Å². The molecule has 1 rings (SSSR count). The van der Waals surface area contributed by atoms with Crippen LogP contribution in [-0.2, 0) is 4.79 Å². The summed E-state index contributed by atoms with van der Waals surface area (Å²) in [6.07, 6.45) is 0.358. The van der Waals surface area contributed by atoms with Gasteiger partial charge in [0.25, 0.3) is 5.91 Å². The standard InChI is InChI=1S/C17H28N2O2/c1-7-17(4,5)19-16(20)13(3)21-15-10-8-9-14(11-15)12(2)18-6/h8-13,18H,7H2,1-6H3,(H,19,20). The fourth-order valence-electron chi connectivity index (χ4n) is 1.81. The van der Waals surface area contributed by atoms with E-state index in [0.29, 0.717) is 5.75 Å². The van der Waals surface area contributed by atoms with E-state index in [4.69, 9.17) is 4.74 Å². The summed E-state index contributed by atoms with van der Waals surface area (Å²) in [5.74, 6) is 0.625. The van der Waals surface area contributed by atoms with E-state index >= 15 is 0 Å². The Morgan fingerprint density at radius 2 is 2.00 bits per heavy atom. The number of ether oxygens (including phenoxy) is 1. The number of hydrogen-bond acceptors (Lipinski definition) is 3. The van der Waals surface area contributed by atoms with Crippen molar-refractivity contribution in [1.82, 2.24) is 10.6 Å². The second-order valence-electron chi connectivity index (χ2n) is 6.07. The highest BCUT2D eigenvalue weighted by molar-refractivity contribution is 5.81. The van der Waals surface area contributed by atoms with Crippen molar-refractivity contribution in [2.24, 2.45) is 0 Å². The summed E-state index contributed by atoms with van der Waals surface area (Å²) >= 11 is 0. The third-order valence-electron chi connectivity index (χ3n) is 3.82. The van der Waals surface area contributed by atoms with E-state index in [1.807, 2.05) is 45.2 Å². The molecule has 21 heavy (non-hydrogen) atoms. The smallest absolute Gasteiger partial charge is 0.261 e. The average molecular weight is 292 g/mol. The molecule has 1 amide bonds. The largest absolute Gasteiger partial charge is 0.481 e. The fraction of sp³-hybridized carbons (Fsp3) is 0.588. The number of carbonyl (C=O) groups is 1. The lowest BCUT2D eigenvalue weighted by Gasteiger charge is -2.26. The van der Waals surface area contributed by atoms with Crippen LogP contribution in [0.15, 0.2) is 24.3 Å². The van der Waals surface area contributed by atoms with Gasteiger partial charge in [-0.15, -0.1) is 0 Å². The Kier molecular flexibility index (Phi) is 6.21. The van der Waals surface area contributed by atoms with Crippen LogP contribution in [-0.4, -0.2) is 24.6 Å². The Morgan fingerprint density at radius 3 is 2.57 bits per heavy atom. The molecule has 0 fully saturated rings. The zero-order valence-corrected chi connectivity index (χ0v) is 14.0. The Balaban J connectivity index is 2.70. The molecule has 0 radical (unpaired) electrons. The van der Waals surface area contributed by atoms with Crippen molar-refractivity contribution in [3.63, 3.8) is 0 Å². The van der Waals surface area contributed by atoms with Crippen LogP contribution in [0.3, 0.4) is 0 Å². The molecule has 0 aliphatic rings. The monoisotopic (exact) mass is 292 g/mol. The highest BCUT2D eigenvalue weighted by atomic mass is 16.5. The summed E-state index contributed by atoms with van der Waals surface area (Å²) in [5, 5.41) is 6.19. The molecule has 118 valence electrons. The van der Waals surface area contributed by atoms with Crippen LogP contribution < -0.4 is 15.4 Å².